The third kappa shape index (κ3) is 3.83. The Labute approximate surface area is 191 Å². The SMILES string of the molecule is C=C(c1ccc(C2CCC3CCC(C#N)C3C2)cc1)N1CCN(C(=O)C2(O)CCC2)CC1. The quantitative estimate of drug-likeness (QED) is 0.775. The molecule has 1 aliphatic heterocycles. The van der Waals surface area contributed by atoms with Gasteiger partial charge in [0.05, 0.1) is 6.07 Å². The molecule has 4 aliphatic rings. The minimum atomic E-state index is -1.10. The van der Waals surface area contributed by atoms with Gasteiger partial charge >= 0.3 is 0 Å². The number of carbonyl (C=O) groups is 1. The number of aliphatic hydroxyl groups is 1. The van der Waals surface area contributed by atoms with Crippen LogP contribution in [-0.2, 0) is 4.79 Å². The number of benzene rings is 1. The lowest BCUT2D eigenvalue weighted by Gasteiger charge is -2.43. The second-order valence-corrected chi connectivity index (χ2v) is 10.5. The molecule has 1 heterocycles. The Morgan fingerprint density at radius 3 is 2.31 bits per heavy atom. The van der Waals surface area contributed by atoms with E-state index in [1.165, 1.54) is 24.8 Å². The van der Waals surface area contributed by atoms with Crippen LogP contribution in [0, 0.1) is 29.1 Å². The maximum Gasteiger partial charge on any atom is 0.254 e. The predicted molar refractivity (Wildman–Crippen MR) is 124 cm³/mol. The van der Waals surface area contributed by atoms with Crippen molar-refractivity contribution in [2.75, 3.05) is 26.2 Å². The van der Waals surface area contributed by atoms with E-state index < -0.39 is 5.60 Å². The second-order valence-electron chi connectivity index (χ2n) is 10.5. The van der Waals surface area contributed by atoms with E-state index in [9.17, 15) is 15.2 Å². The normalized spacial score (nSPS) is 31.4. The highest BCUT2D eigenvalue weighted by molar-refractivity contribution is 5.86. The summed E-state index contributed by atoms with van der Waals surface area (Å²) in [6, 6.07) is 11.5. The van der Waals surface area contributed by atoms with Crippen LogP contribution < -0.4 is 0 Å². The van der Waals surface area contributed by atoms with Gasteiger partial charge in [0.15, 0.2) is 0 Å². The van der Waals surface area contributed by atoms with Gasteiger partial charge in [0.1, 0.15) is 5.60 Å². The summed E-state index contributed by atoms with van der Waals surface area (Å²) in [6.45, 7) is 7.13. The fraction of sp³-hybridized carbons (Fsp3) is 0.630. The molecule has 3 aliphatic carbocycles. The fourth-order valence-corrected chi connectivity index (χ4v) is 6.52. The summed E-state index contributed by atoms with van der Waals surface area (Å²) in [5.74, 6) is 2.10. The van der Waals surface area contributed by atoms with Crippen LogP contribution in [0.15, 0.2) is 30.8 Å². The zero-order valence-corrected chi connectivity index (χ0v) is 19.0. The lowest BCUT2D eigenvalue weighted by Crippen LogP contribution is -2.57. The summed E-state index contributed by atoms with van der Waals surface area (Å²) in [5, 5.41) is 19.8. The van der Waals surface area contributed by atoms with Gasteiger partial charge in [-0.25, -0.2) is 0 Å². The molecule has 0 aromatic heterocycles. The van der Waals surface area contributed by atoms with E-state index in [4.69, 9.17) is 0 Å². The van der Waals surface area contributed by atoms with Crippen LogP contribution in [-0.4, -0.2) is 52.6 Å². The Balaban J connectivity index is 1.17. The average molecular weight is 434 g/mol. The molecule has 5 rings (SSSR count). The summed E-state index contributed by atoms with van der Waals surface area (Å²) < 4.78 is 0. The summed E-state index contributed by atoms with van der Waals surface area (Å²) in [7, 11) is 0. The summed E-state index contributed by atoms with van der Waals surface area (Å²) in [4.78, 5) is 16.6. The maximum atomic E-state index is 12.6. The Bertz CT molecular complexity index is 906. The van der Waals surface area contributed by atoms with E-state index in [-0.39, 0.29) is 11.8 Å². The molecule has 4 unspecified atom stereocenters. The topological polar surface area (TPSA) is 67.6 Å². The molecule has 1 aromatic rings. The number of hydrogen-bond donors (Lipinski definition) is 1. The van der Waals surface area contributed by atoms with E-state index in [1.54, 1.807) is 0 Å². The van der Waals surface area contributed by atoms with E-state index in [0.29, 0.717) is 37.8 Å². The van der Waals surface area contributed by atoms with E-state index in [1.807, 2.05) is 4.90 Å². The monoisotopic (exact) mass is 433 g/mol. The van der Waals surface area contributed by atoms with Crippen LogP contribution in [0.4, 0.5) is 0 Å². The summed E-state index contributed by atoms with van der Waals surface area (Å²) >= 11 is 0. The zero-order valence-electron chi connectivity index (χ0n) is 19.0. The molecule has 170 valence electrons. The fourth-order valence-electron chi connectivity index (χ4n) is 6.52. The highest BCUT2D eigenvalue weighted by Crippen LogP contribution is 2.50. The molecule has 1 amide bonds. The molecule has 0 bridgehead atoms. The van der Waals surface area contributed by atoms with Crippen molar-refractivity contribution in [2.45, 2.75) is 62.9 Å². The highest BCUT2D eigenvalue weighted by Gasteiger charge is 2.45. The van der Waals surface area contributed by atoms with Gasteiger partial charge in [-0.1, -0.05) is 30.8 Å². The number of nitrogens with zero attached hydrogens (tertiary/aromatic N) is 3. The zero-order chi connectivity index (χ0) is 22.3. The number of fused-ring (bicyclic) bond motifs is 1. The van der Waals surface area contributed by atoms with Crippen LogP contribution in [0.3, 0.4) is 0 Å². The van der Waals surface area contributed by atoms with Gasteiger partial charge in [-0.15, -0.1) is 0 Å². The molecule has 1 saturated heterocycles. The number of hydrogen-bond acceptors (Lipinski definition) is 4. The Morgan fingerprint density at radius 2 is 1.69 bits per heavy atom. The van der Waals surface area contributed by atoms with E-state index >= 15 is 0 Å². The third-order valence-electron chi connectivity index (χ3n) is 8.82. The van der Waals surface area contributed by atoms with Gasteiger partial charge in [-0.3, -0.25) is 4.79 Å². The van der Waals surface area contributed by atoms with Gasteiger partial charge < -0.3 is 14.9 Å². The van der Waals surface area contributed by atoms with Crippen LogP contribution in [0.25, 0.3) is 5.70 Å². The first-order valence-electron chi connectivity index (χ1n) is 12.4. The minimum absolute atomic E-state index is 0.0889. The van der Waals surface area contributed by atoms with Crippen molar-refractivity contribution in [1.29, 1.82) is 5.26 Å². The summed E-state index contributed by atoms with van der Waals surface area (Å²) in [6.07, 6.45) is 8.14. The summed E-state index contributed by atoms with van der Waals surface area (Å²) in [5.41, 5.74) is 2.44. The number of amides is 1. The Morgan fingerprint density at radius 1 is 1.03 bits per heavy atom. The number of piperazine rings is 1. The van der Waals surface area contributed by atoms with Crippen LogP contribution in [0.2, 0.25) is 0 Å². The van der Waals surface area contributed by atoms with Gasteiger partial charge in [0, 0.05) is 37.8 Å². The Hall–Kier alpha value is -2.32. The average Bonchev–Trinajstić information content (AvgIpc) is 3.24. The van der Waals surface area contributed by atoms with Crippen LogP contribution in [0.5, 0.6) is 0 Å². The van der Waals surface area contributed by atoms with Crippen LogP contribution >= 0.6 is 0 Å². The highest BCUT2D eigenvalue weighted by atomic mass is 16.3. The lowest BCUT2D eigenvalue weighted by atomic mass is 9.71. The second kappa shape index (κ2) is 8.56. The molecule has 5 heteroatoms. The predicted octanol–water partition coefficient (Wildman–Crippen LogP) is 4.15. The number of nitriles is 1. The van der Waals surface area contributed by atoms with Crippen molar-refractivity contribution in [1.82, 2.24) is 9.80 Å². The van der Waals surface area contributed by atoms with Gasteiger partial charge in [0.2, 0.25) is 0 Å². The van der Waals surface area contributed by atoms with Gasteiger partial charge in [-0.05, 0) is 80.2 Å². The first kappa shape index (κ1) is 21.5. The lowest BCUT2D eigenvalue weighted by molar-refractivity contribution is -0.161. The van der Waals surface area contributed by atoms with Gasteiger partial charge in [-0.2, -0.15) is 5.26 Å². The first-order chi connectivity index (χ1) is 15.5. The van der Waals surface area contributed by atoms with E-state index in [0.717, 1.165) is 49.5 Å². The number of carbonyl (C=O) groups excluding carboxylic acids is 1. The van der Waals surface area contributed by atoms with Crippen molar-refractivity contribution in [3.05, 3.63) is 42.0 Å². The largest absolute Gasteiger partial charge is 0.380 e. The first-order valence-corrected chi connectivity index (χ1v) is 12.4. The molecule has 1 N–H and O–H groups in total. The molecule has 1 aromatic carbocycles. The molecule has 5 nitrogen and oxygen atoms in total. The molecule has 0 spiro atoms. The molecule has 4 atom stereocenters. The minimum Gasteiger partial charge on any atom is -0.380 e. The Kier molecular flexibility index (Phi) is 5.75. The molecule has 0 radical (unpaired) electrons. The molecule has 3 saturated carbocycles. The van der Waals surface area contributed by atoms with E-state index in [2.05, 4.69) is 41.8 Å². The molecule has 4 fully saturated rings. The maximum absolute atomic E-state index is 12.6. The number of rotatable bonds is 4. The van der Waals surface area contributed by atoms with Gasteiger partial charge in [0.25, 0.3) is 5.91 Å². The smallest absolute Gasteiger partial charge is 0.254 e. The molecular weight excluding hydrogens is 398 g/mol. The van der Waals surface area contributed by atoms with Crippen molar-refractivity contribution >= 4 is 11.6 Å². The standard InChI is InChI=1S/C27H35N3O2/c1-19(29-13-15-30(16-14-29)26(31)27(32)11-2-12-27)20-3-5-21(6-4-20)23-9-7-22-8-10-24(18-28)25(22)17-23/h3-6,22-25,32H,1-2,7-17H2. The van der Waals surface area contributed by atoms with Crippen LogP contribution in [0.1, 0.15) is 68.4 Å². The van der Waals surface area contributed by atoms with Crippen molar-refractivity contribution in [2.24, 2.45) is 17.8 Å². The third-order valence-corrected chi connectivity index (χ3v) is 8.82. The molecular formula is C27H35N3O2. The van der Waals surface area contributed by atoms with Crippen molar-refractivity contribution in [3.63, 3.8) is 0 Å². The van der Waals surface area contributed by atoms with Crippen molar-refractivity contribution in [3.8, 4) is 6.07 Å². The molecule has 32 heavy (non-hydrogen) atoms. The van der Waals surface area contributed by atoms with Crippen molar-refractivity contribution < 1.29 is 9.90 Å².